The molecule has 1 atom stereocenters. The lowest BCUT2D eigenvalue weighted by Gasteiger charge is -2.22. The highest BCUT2D eigenvalue weighted by atomic mass is 32.2. The third-order valence-corrected chi connectivity index (χ3v) is 6.08. The smallest absolute Gasteiger partial charge is 0.264 e. The number of rotatable bonds is 7. The number of carbonyl (C=O) groups excluding carboxylic acids is 1. The van der Waals surface area contributed by atoms with Crippen LogP contribution in [0.25, 0.3) is 0 Å². The summed E-state index contributed by atoms with van der Waals surface area (Å²) in [5.41, 5.74) is 1.80. The second-order valence-corrected chi connectivity index (χ2v) is 8.42. The van der Waals surface area contributed by atoms with Crippen molar-refractivity contribution in [2.24, 2.45) is 0 Å². The topological polar surface area (TPSA) is 66.5 Å². The highest BCUT2D eigenvalue weighted by Gasteiger charge is 2.22. The number of carbonyl (C=O) groups is 1. The molecule has 1 unspecified atom stereocenters. The standard InChI is InChI=1S/C20H26N2O3S/c1-5-9-16(3)21-20(23)17-12-13-19(15(2)14-17)22(4)26(24,25)18-10-7-6-8-11-18/h6-8,10-14,16H,5,9H2,1-4H3,(H,21,23). The van der Waals surface area contributed by atoms with Gasteiger partial charge in [-0.1, -0.05) is 31.5 Å². The molecule has 1 N–H and O–H groups in total. The van der Waals surface area contributed by atoms with Crippen LogP contribution in [0.4, 0.5) is 5.69 Å². The van der Waals surface area contributed by atoms with Crippen molar-refractivity contribution in [3.63, 3.8) is 0 Å². The van der Waals surface area contributed by atoms with Crippen LogP contribution in [-0.4, -0.2) is 27.4 Å². The van der Waals surface area contributed by atoms with Crippen LogP contribution in [0.5, 0.6) is 0 Å². The molecule has 0 saturated heterocycles. The summed E-state index contributed by atoms with van der Waals surface area (Å²) in [6.45, 7) is 5.85. The lowest BCUT2D eigenvalue weighted by molar-refractivity contribution is 0.0938. The number of hydrogen-bond donors (Lipinski definition) is 1. The quantitative estimate of drug-likeness (QED) is 0.803. The van der Waals surface area contributed by atoms with Crippen molar-refractivity contribution >= 4 is 21.6 Å². The van der Waals surface area contributed by atoms with E-state index in [2.05, 4.69) is 12.2 Å². The van der Waals surface area contributed by atoms with Crippen LogP contribution in [0, 0.1) is 6.92 Å². The first kappa shape index (κ1) is 20.0. The van der Waals surface area contributed by atoms with Crippen molar-refractivity contribution in [3.8, 4) is 0 Å². The van der Waals surface area contributed by atoms with Crippen LogP contribution in [0.3, 0.4) is 0 Å². The molecule has 0 fully saturated rings. The van der Waals surface area contributed by atoms with Crippen LogP contribution in [-0.2, 0) is 10.0 Å². The van der Waals surface area contributed by atoms with Gasteiger partial charge in [0.15, 0.2) is 0 Å². The lowest BCUT2D eigenvalue weighted by Crippen LogP contribution is -2.32. The fourth-order valence-corrected chi connectivity index (χ4v) is 4.12. The average molecular weight is 375 g/mol. The Kier molecular flexibility index (Phi) is 6.42. The monoisotopic (exact) mass is 374 g/mol. The predicted molar refractivity (Wildman–Crippen MR) is 105 cm³/mol. The van der Waals surface area contributed by atoms with Crippen molar-refractivity contribution in [1.82, 2.24) is 5.32 Å². The molecule has 2 rings (SSSR count). The summed E-state index contributed by atoms with van der Waals surface area (Å²) in [6, 6.07) is 13.5. The van der Waals surface area contributed by atoms with Crippen molar-refractivity contribution in [1.29, 1.82) is 0 Å². The van der Waals surface area contributed by atoms with Crippen molar-refractivity contribution in [2.75, 3.05) is 11.4 Å². The summed E-state index contributed by atoms with van der Waals surface area (Å²) in [5.74, 6) is -0.144. The van der Waals surface area contributed by atoms with Crippen LogP contribution >= 0.6 is 0 Å². The zero-order valence-electron chi connectivity index (χ0n) is 15.7. The lowest BCUT2D eigenvalue weighted by atomic mass is 10.1. The number of amides is 1. The van der Waals surface area contributed by atoms with Crippen molar-refractivity contribution < 1.29 is 13.2 Å². The normalized spacial score (nSPS) is 12.5. The molecular formula is C20H26N2O3S. The van der Waals surface area contributed by atoms with Crippen LogP contribution < -0.4 is 9.62 Å². The van der Waals surface area contributed by atoms with Gasteiger partial charge in [0.05, 0.1) is 10.6 Å². The molecule has 0 heterocycles. The first-order chi connectivity index (χ1) is 12.3. The molecule has 0 bridgehead atoms. The number of anilines is 1. The van der Waals surface area contributed by atoms with E-state index in [1.807, 2.05) is 6.92 Å². The summed E-state index contributed by atoms with van der Waals surface area (Å²) in [7, 11) is -2.12. The first-order valence-corrected chi connectivity index (χ1v) is 10.2. The predicted octanol–water partition coefficient (Wildman–Crippen LogP) is 3.74. The van der Waals surface area contributed by atoms with Gasteiger partial charge >= 0.3 is 0 Å². The molecule has 2 aromatic rings. The molecule has 140 valence electrons. The Bertz CT molecular complexity index is 864. The highest BCUT2D eigenvalue weighted by molar-refractivity contribution is 7.92. The molecular weight excluding hydrogens is 348 g/mol. The van der Waals surface area contributed by atoms with E-state index in [0.29, 0.717) is 11.3 Å². The van der Waals surface area contributed by atoms with E-state index in [9.17, 15) is 13.2 Å². The third kappa shape index (κ3) is 4.43. The van der Waals surface area contributed by atoms with Gasteiger partial charge < -0.3 is 5.32 Å². The number of benzene rings is 2. The molecule has 1 amide bonds. The number of nitrogens with one attached hydrogen (secondary N) is 1. The van der Waals surface area contributed by atoms with Crippen molar-refractivity contribution in [3.05, 3.63) is 59.7 Å². The second kappa shape index (κ2) is 8.36. The van der Waals surface area contributed by atoms with E-state index in [1.165, 1.54) is 11.4 Å². The summed E-state index contributed by atoms with van der Waals surface area (Å²) < 4.78 is 26.8. The minimum Gasteiger partial charge on any atom is -0.350 e. The second-order valence-electron chi connectivity index (χ2n) is 6.45. The van der Waals surface area contributed by atoms with Gasteiger partial charge in [-0.15, -0.1) is 0 Å². The van der Waals surface area contributed by atoms with E-state index in [1.54, 1.807) is 55.5 Å². The molecule has 0 saturated carbocycles. The molecule has 2 aromatic carbocycles. The van der Waals surface area contributed by atoms with Gasteiger partial charge in [-0.25, -0.2) is 8.42 Å². The summed E-state index contributed by atoms with van der Waals surface area (Å²) in [5, 5.41) is 2.96. The van der Waals surface area contributed by atoms with E-state index < -0.39 is 10.0 Å². The zero-order valence-corrected chi connectivity index (χ0v) is 16.5. The number of nitrogens with zero attached hydrogens (tertiary/aromatic N) is 1. The van der Waals surface area contributed by atoms with Gasteiger partial charge in [-0.2, -0.15) is 0 Å². The largest absolute Gasteiger partial charge is 0.350 e. The Morgan fingerprint density at radius 3 is 2.38 bits per heavy atom. The van der Waals surface area contributed by atoms with Gasteiger partial charge in [0.2, 0.25) is 0 Å². The molecule has 5 nitrogen and oxygen atoms in total. The number of sulfonamides is 1. The van der Waals surface area contributed by atoms with Crippen molar-refractivity contribution in [2.45, 2.75) is 44.6 Å². The fourth-order valence-electron chi connectivity index (χ4n) is 2.84. The SMILES string of the molecule is CCCC(C)NC(=O)c1ccc(N(C)S(=O)(=O)c2ccccc2)c(C)c1. The van der Waals surface area contributed by atoms with E-state index in [0.717, 1.165) is 18.4 Å². The summed E-state index contributed by atoms with van der Waals surface area (Å²) in [6.07, 6.45) is 1.92. The third-order valence-electron chi connectivity index (χ3n) is 4.30. The van der Waals surface area contributed by atoms with Crippen LogP contribution in [0.1, 0.15) is 42.6 Å². The molecule has 0 aliphatic carbocycles. The van der Waals surface area contributed by atoms with Gasteiger partial charge in [-0.05, 0) is 56.2 Å². The Morgan fingerprint density at radius 1 is 1.15 bits per heavy atom. The van der Waals surface area contributed by atoms with E-state index in [-0.39, 0.29) is 16.8 Å². The zero-order chi connectivity index (χ0) is 19.3. The molecule has 0 aliphatic heterocycles. The minimum atomic E-state index is -3.64. The Morgan fingerprint density at radius 2 is 1.81 bits per heavy atom. The van der Waals surface area contributed by atoms with E-state index in [4.69, 9.17) is 0 Å². The molecule has 0 aliphatic rings. The van der Waals surface area contributed by atoms with E-state index >= 15 is 0 Å². The number of aryl methyl sites for hydroxylation is 1. The highest BCUT2D eigenvalue weighted by Crippen LogP contribution is 2.26. The Labute approximate surface area is 156 Å². The fraction of sp³-hybridized carbons (Fsp3) is 0.350. The Balaban J connectivity index is 2.25. The molecule has 0 aromatic heterocycles. The maximum atomic E-state index is 12.8. The van der Waals surface area contributed by atoms with Gasteiger partial charge in [0.25, 0.3) is 15.9 Å². The average Bonchev–Trinajstić information content (AvgIpc) is 2.62. The molecule has 6 heteroatoms. The van der Waals surface area contributed by atoms with Crippen LogP contribution in [0.2, 0.25) is 0 Å². The van der Waals surface area contributed by atoms with Gasteiger partial charge in [0.1, 0.15) is 0 Å². The molecule has 0 spiro atoms. The summed E-state index contributed by atoms with van der Waals surface area (Å²) >= 11 is 0. The maximum absolute atomic E-state index is 12.8. The Hall–Kier alpha value is -2.34. The maximum Gasteiger partial charge on any atom is 0.264 e. The van der Waals surface area contributed by atoms with Gasteiger partial charge in [0, 0.05) is 18.7 Å². The van der Waals surface area contributed by atoms with Crippen LogP contribution in [0.15, 0.2) is 53.4 Å². The summed E-state index contributed by atoms with van der Waals surface area (Å²) in [4.78, 5) is 12.6. The minimum absolute atomic E-state index is 0.105. The molecule has 0 radical (unpaired) electrons. The molecule has 26 heavy (non-hydrogen) atoms. The van der Waals surface area contributed by atoms with Gasteiger partial charge in [-0.3, -0.25) is 9.10 Å². The number of hydrogen-bond acceptors (Lipinski definition) is 3. The first-order valence-electron chi connectivity index (χ1n) is 8.73.